The maximum Gasteiger partial charge on any atom is 0.235 e. The van der Waals surface area contributed by atoms with Crippen molar-refractivity contribution in [2.24, 2.45) is 0 Å². The van der Waals surface area contributed by atoms with Gasteiger partial charge in [0.25, 0.3) is 0 Å². The fourth-order valence-corrected chi connectivity index (χ4v) is 2.61. The molecular weight excluding hydrogens is 360 g/mol. The lowest BCUT2D eigenvalue weighted by Crippen LogP contribution is -2.40. The van der Waals surface area contributed by atoms with Crippen LogP contribution in [0.1, 0.15) is 12.0 Å². The summed E-state index contributed by atoms with van der Waals surface area (Å²) in [5.41, 5.74) is 0.798. The van der Waals surface area contributed by atoms with E-state index in [1.54, 1.807) is 12.1 Å². The zero-order valence-corrected chi connectivity index (χ0v) is 14.2. The molecule has 0 unspecified atom stereocenters. The van der Waals surface area contributed by atoms with E-state index < -0.39 is 10.0 Å². The van der Waals surface area contributed by atoms with Crippen LogP contribution < -0.4 is 5.32 Å². The Morgan fingerprint density at radius 1 is 1.33 bits per heavy atom. The van der Waals surface area contributed by atoms with Gasteiger partial charge < -0.3 is 10.4 Å². The number of rotatable bonds is 8. The fourth-order valence-electron chi connectivity index (χ4n) is 1.61. The first-order valence-corrected chi connectivity index (χ1v) is 9.04. The van der Waals surface area contributed by atoms with Crippen molar-refractivity contribution >= 4 is 31.9 Å². The molecule has 1 rings (SSSR count). The molecule has 0 saturated heterocycles. The number of amides is 1. The van der Waals surface area contributed by atoms with E-state index in [2.05, 4.69) is 21.2 Å². The first-order valence-electron chi connectivity index (χ1n) is 6.40. The summed E-state index contributed by atoms with van der Waals surface area (Å²) in [5.74, 6) is -0.383. The molecule has 0 bridgehead atoms. The fraction of sp³-hybridized carbons (Fsp3) is 0.462. The van der Waals surface area contributed by atoms with Crippen LogP contribution in [-0.4, -0.2) is 49.7 Å². The second-order valence-corrected chi connectivity index (χ2v) is 7.48. The van der Waals surface area contributed by atoms with E-state index in [-0.39, 0.29) is 25.6 Å². The Bertz CT molecular complexity index is 560. The van der Waals surface area contributed by atoms with Crippen LogP contribution in [-0.2, 0) is 21.4 Å². The first-order chi connectivity index (χ1) is 9.82. The largest absolute Gasteiger partial charge is 0.396 e. The first kappa shape index (κ1) is 18.1. The minimum atomic E-state index is -3.49. The molecule has 1 aromatic rings. The molecule has 0 aliphatic rings. The Labute approximate surface area is 133 Å². The van der Waals surface area contributed by atoms with Gasteiger partial charge in [-0.05, 0) is 24.1 Å². The lowest BCUT2D eigenvalue weighted by atomic mass is 10.2. The summed E-state index contributed by atoms with van der Waals surface area (Å²) in [4.78, 5) is 11.7. The molecule has 21 heavy (non-hydrogen) atoms. The van der Waals surface area contributed by atoms with Crippen LogP contribution in [0.3, 0.4) is 0 Å². The predicted molar refractivity (Wildman–Crippen MR) is 84.1 cm³/mol. The maximum atomic E-state index is 11.8. The van der Waals surface area contributed by atoms with Crippen molar-refractivity contribution in [3.05, 3.63) is 34.3 Å². The van der Waals surface area contributed by atoms with Crippen molar-refractivity contribution in [3.8, 4) is 0 Å². The van der Waals surface area contributed by atoms with Crippen LogP contribution in [0.15, 0.2) is 28.7 Å². The Balaban J connectivity index is 2.69. The molecule has 8 heteroatoms. The van der Waals surface area contributed by atoms with Gasteiger partial charge in [-0.25, -0.2) is 8.42 Å². The highest BCUT2D eigenvalue weighted by atomic mass is 79.9. The summed E-state index contributed by atoms with van der Waals surface area (Å²) in [6.45, 7) is 0.208. The summed E-state index contributed by atoms with van der Waals surface area (Å²) in [6.07, 6.45) is 1.52. The summed E-state index contributed by atoms with van der Waals surface area (Å²) in [6, 6.07) is 7.23. The van der Waals surface area contributed by atoms with Crippen LogP contribution in [0.2, 0.25) is 0 Å². The van der Waals surface area contributed by atoms with Crippen molar-refractivity contribution in [2.75, 3.05) is 26.0 Å². The Morgan fingerprint density at radius 3 is 2.48 bits per heavy atom. The van der Waals surface area contributed by atoms with E-state index in [1.807, 2.05) is 12.1 Å². The smallest absolute Gasteiger partial charge is 0.235 e. The molecule has 0 atom stereocenters. The van der Waals surface area contributed by atoms with E-state index in [9.17, 15) is 13.2 Å². The van der Waals surface area contributed by atoms with Crippen LogP contribution in [0.4, 0.5) is 0 Å². The normalized spacial score (nSPS) is 11.6. The molecular formula is C13H19BrN2O4S. The van der Waals surface area contributed by atoms with E-state index in [0.717, 1.165) is 20.6 Å². The molecule has 0 aromatic heterocycles. The SMILES string of the molecule is CS(=O)(=O)N(CC(=O)NCCCO)Cc1ccc(Br)cc1. The second kappa shape index (κ2) is 8.47. The molecule has 6 nitrogen and oxygen atoms in total. The third-order valence-electron chi connectivity index (χ3n) is 2.72. The van der Waals surface area contributed by atoms with Gasteiger partial charge >= 0.3 is 0 Å². The van der Waals surface area contributed by atoms with Gasteiger partial charge in [-0.2, -0.15) is 4.31 Å². The molecule has 0 radical (unpaired) electrons. The monoisotopic (exact) mass is 378 g/mol. The standard InChI is InChI=1S/C13H19BrN2O4S/c1-21(19,20)16(10-13(18)15-7-2-8-17)9-11-3-5-12(14)6-4-11/h3-6,17H,2,7-10H2,1H3,(H,15,18). The van der Waals surface area contributed by atoms with Crippen molar-refractivity contribution in [3.63, 3.8) is 0 Å². The molecule has 1 aromatic carbocycles. The van der Waals surface area contributed by atoms with E-state index >= 15 is 0 Å². The van der Waals surface area contributed by atoms with E-state index in [4.69, 9.17) is 5.11 Å². The molecule has 1 amide bonds. The third kappa shape index (κ3) is 7.03. The number of aliphatic hydroxyl groups is 1. The summed E-state index contributed by atoms with van der Waals surface area (Å²) in [7, 11) is -3.49. The Morgan fingerprint density at radius 2 is 1.95 bits per heavy atom. The molecule has 0 heterocycles. The number of nitrogens with one attached hydrogen (secondary N) is 1. The number of carbonyl (C=O) groups excluding carboxylic acids is 1. The van der Waals surface area contributed by atoms with E-state index in [1.165, 1.54) is 0 Å². The zero-order chi connectivity index (χ0) is 15.9. The summed E-state index contributed by atoms with van der Waals surface area (Å²) >= 11 is 3.31. The summed E-state index contributed by atoms with van der Waals surface area (Å²) in [5, 5.41) is 11.2. The molecule has 0 aliphatic heterocycles. The number of hydrogen-bond donors (Lipinski definition) is 2. The number of carbonyl (C=O) groups is 1. The van der Waals surface area contributed by atoms with Crippen LogP contribution in [0.25, 0.3) is 0 Å². The molecule has 118 valence electrons. The minimum absolute atomic E-state index is 0.0189. The van der Waals surface area contributed by atoms with Gasteiger partial charge in [-0.15, -0.1) is 0 Å². The van der Waals surface area contributed by atoms with Crippen LogP contribution in [0.5, 0.6) is 0 Å². The molecule has 0 fully saturated rings. The number of sulfonamides is 1. The van der Waals surface area contributed by atoms with Gasteiger partial charge in [0.05, 0.1) is 12.8 Å². The maximum absolute atomic E-state index is 11.8. The highest BCUT2D eigenvalue weighted by Crippen LogP contribution is 2.13. The molecule has 0 spiro atoms. The average Bonchev–Trinajstić information content (AvgIpc) is 2.40. The van der Waals surface area contributed by atoms with Gasteiger partial charge in [0.1, 0.15) is 0 Å². The predicted octanol–water partition coefficient (Wildman–Crippen LogP) is 0.709. The van der Waals surface area contributed by atoms with Crippen LogP contribution in [0, 0.1) is 0 Å². The third-order valence-corrected chi connectivity index (χ3v) is 4.44. The Hall–Kier alpha value is -0.960. The quantitative estimate of drug-likeness (QED) is 0.652. The molecule has 0 saturated carbocycles. The number of nitrogens with zero attached hydrogens (tertiary/aromatic N) is 1. The lowest BCUT2D eigenvalue weighted by molar-refractivity contribution is -0.121. The van der Waals surface area contributed by atoms with Gasteiger partial charge in [0.2, 0.25) is 15.9 Å². The lowest BCUT2D eigenvalue weighted by Gasteiger charge is -2.19. The number of benzene rings is 1. The summed E-state index contributed by atoms with van der Waals surface area (Å²) < 4.78 is 25.5. The van der Waals surface area contributed by atoms with Gasteiger partial charge in [0, 0.05) is 24.2 Å². The average molecular weight is 379 g/mol. The van der Waals surface area contributed by atoms with Gasteiger partial charge in [-0.1, -0.05) is 28.1 Å². The second-order valence-electron chi connectivity index (χ2n) is 4.58. The topological polar surface area (TPSA) is 86.7 Å². The Kier molecular flexibility index (Phi) is 7.30. The molecule has 0 aliphatic carbocycles. The van der Waals surface area contributed by atoms with Crippen molar-refractivity contribution in [1.82, 2.24) is 9.62 Å². The van der Waals surface area contributed by atoms with Crippen molar-refractivity contribution in [1.29, 1.82) is 0 Å². The minimum Gasteiger partial charge on any atom is -0.396 e. The number of aliphatic hydroxyl groups excluding tert-OH is 1. The van der Waals surface area contributed by atoms with Crippen molar-refractivity contribution in [2.45, 2.75) is 13.0 Å². The number of hydrogen-bond acceptors (Lipinski definition) is 4. The highest BCUT2D eigenvalue weighted by molar-refractivity contribution is 9.10. The highest BCUT2D eigenvalue weighted by Gasteiger charge is 2.20. The van der Waals surface area contributed by atoms with Gasteiger partial charge in [0.15, 0.2) is 0 Å². The number of halogens is 1. The van der Waals surface area contributed by atoms with Crippen molar-refractivity contribution < 1.29 is 18.3 Å². The zero-order valence-electron chi connectivity index (χ0n) is 11.8. The van der Waals surface area contributed by atoms with E-state index in [0.29, 0.717) is 13.0 Å². The van der Waals surface area contributed by atoms with Crippen LogP contribution >= 0.6 is 15.9 Å². The van der Waals surface area contributed by atoms with Gasteiger partial charge in [-0.3, -0.25) is 4.79 Å². The molecule has 2 N–H and O–H groups in total.